The molecule has 0 aliphatic heterocycles. The summed E-state index contributed by atoms with van der Waals surface area (Å²) in [5.74, 6) is 0.382. The van der Waals surface area contributed by atoms with Crippen LogP contribution < -0.4 is 0 Å². The normalized spacial score (nSPS) is 23.4. The zero-order valence-electron chi connectivity index (χ0n) is 13.8. The molecule has 3 heteroatoms. The van der Waals surface area contributed by atoms with Gasteiger partial charge in [0, 0.05) is 9.92 Å². The maximum Gasteiger partial charge on any atom is 0.203 e. The van der Waals surface area contributed by atoms with E-state index in [1.165, 1.54) is 17.3 Å². The predicted molar refractivity (Wildman–Crippen MR) is 102 cm³/mol. The molecule has 1 fully saturated rings. The summed E-state index contributed by atoms with van der Waals surface area (Å²) >= 11 is 7.22. The number of carbonyl (C=O) groups is 1. The first-order chi connectivity index (χ1) is 11.5. The molecule has 0 radical (unpaired) electrons. The molecular weight excluding hydrogens is 336 g/mol. The Kier molecular flexibility index (Phi) is 5.17. The van der Waals surface area contributed by atoms with Crippen LogP contribution >= 0.6 is 23.4 Å². The third kappa shape index (κ3) is 3.60. The van der Waals surface area contributed by atoms with Crippen molar-refractivity contribution in [2.45, 2.75) is 31.1 Å². The molecule has 2 aromatic rings. The van der Waals surface area contributed by atoms with Gasteiger partial charge in [0.1, 0.15) is 0 Å². The molecule has 3 rings (SSSR count). The van der Waals surface area contributed by atoms with E-state index in [2.05, 4.69) is 30.8 Å². The molecule has 0 heterocycles. The zero-order valence-corrected chi connectivity index (χ0v) is 15.4. The van der Waals surface area contributed by atoms with Crippen LogP contribution in [0.15, 0.2) is 71.6 Å². The highest BCUT2D eigenvalue weighted by Gasteiger charge is 2.44. The molecule has 1 aliphatic carbocycles. The molecule has 2 aromatic carbocycles. The smallest absolute Gasteiger partial charge is 0.203 e. The van der Waals surface area contributed by atoms with Crippen LogP contribution in [0.1, 0.15) is 25.3 Å². The third-order valence-corrected chi connectivity index (χ3v) is 6.39. The van der Waals surface area contributed by atoms with Gasteiger partial charge in [-0.05, 0) is 61.9 Å². The molecule has 0 unspecified atom stereocenters. The number of thioether (sulfide) groups is 1. The summed E-state index contributed by atoms with van der Waals surface area (Å²) in [7, 11) is 0. The molecular formula is C21H21ClOS. The van der Waals surface area contributed by atoms with E-state index in [4.69, 9.17) is 11.6 Å². The fourth-order valence-corrected chi connectivity index (χ4v) is 4.40. The summed E-state index contributed by atoms with van der Waals surface area (Å²) in [5.41, 5.74) is 1.95. The van der Waals surface area contributed by atoms with Crippen molar-refractivity contribution in [3.63, 3.8) is 0 Å². The van der Waals surface area contributed by atoms with E-state index >= 15 is 0 Å². The van der Waals surface area contributed by atoms with E-state index in [9.17, 15) is 4.79 Å². The Balaban J connectivity index is 1.69. The van der Waals surface area contributed by atoms with Gasteiger partial charge < -0.3 is 0 Å². The average molecular weight is 357 g/mol. The van der Waals surface area contributed by atoms with Crippen LogP contribution in [0, 0.1) is 11.3 Å². The number of halogens is 1. The molecule has 0 saturated heterocycles. The Morgan fingerprint density at radius 2 is 1.88 bits per heavy atom. The lowest BCUT2D eigenvalue weighted by molar-refractivity contribution is -0.117. The van der Waals surface area contributed by atoms with Gasteiger partial charge in [-0.2, -0.15) is 0 Å². The minimum Gasteiger partial charge on any atom is -0.286 e. The van der Waals surface area contributed by atoms with Crippen molar-refractivity contribution in [3.05, 3.63) is 77.3 Å². The van der Waals surface area contributed by atoms with Crippen LogP contribution in [0.3, 0.4) is 0 Å². The molecule has 0 bridgehead atoms. The number of hydrogen-bond donors (Lipinski definition) is 0. The number of benzene rings is 2. The van der Waals surface area contributed by atoms with Gasteiger partial charge in [0.2, 0.25) is 5.12 Å². The first-order valence-corrected chi connectivity index (χ1v) is 9.39. The molecule has 1 aliphatic rings. The van der Waals surface area contributed by atoms with Crippen LogP contribution in [0.5, 0.6) is 0 Å². The first-order valence-electron chi connectivity index (χ1n) is 8.20. The van der Waals surface area contributed by atoms with E-state index in [1.54, 1.807) is 0 Å². The van der Waals surface area contributed by atoms with Crippen LogP contribution in [0.25, 0.3) is 0 Å². The van der Waals surface area contributed by atoms with Gasteiger partial charge in [-0.25, -0.2) is 0 Å². The van der Waals surface area contributed by atoms with Gasteiger partial charge in [-0.1, -0.05) is 65.8 Å². The Labute approximate surface area is 153 Å². The van der Waals surface area contributed by atoms with Crippen molar-refractivity contribution in [1.29, 1.82) is 0 Å². The quantitative estimate of drug-likeness (QED) is 0.481. The molecule has 124 valence electrons. The summed E-state index contributed by atoms with van der Waals surface area (Å²) in [6, 6.07) is 17.9. The lowest BCUT2D eigenvalue weighted by Crippen LogP contribution is -2.24. The topological polar surface area (TPSA) is 17.1 Å². The first kappa shape index (κ1) is 17.3. The lowest BCUT2D eigenvalue weighted by atomic mass is 9.83. The zero-order chi connectivity index (χ0) is 17.2. The second-order valence-corrected chi connectivity index (χ2v) is 8.11. The number of carbonyl (C=O) groups excluding carboxylic acids is 1. The minimum absolute atomic E-state index is 0.186. The van der Waals surface area contributed by atoms with E-state index < -0.39 is 5.41 Å². The fourth-order valence-electron chi connectivity index (χ4n) is 3.33. The second kappa shape index (κ2) is 7.16. The van der Waals surface area contributed by atoms with Crippen molar-refractivity contribution < 1.29 is 4.79 Å². The molecule has 0 N–H and O–H groups in total. The van der Waals surface area contributed by atoms with Crippen molar-refractivity contribution in [1.82, 2.24) is 0 Å². The summed E-state index contributed by atoms with van der Waals surface area (Å²) < 4.78 is 0. The Hall–Kier alpha value is -1.51. The monoisotopic (exact) mass is 356 g/mol. The molecule has 2 atom stereocenters. The number of rotatable bonds is 4. The van der Waals surface area contributed by atoms with Crippen LogP contribution in [0.4, 0.5) is 0 Å². The highest BCUT2D eigenvalue weighted by atomic mass is 35.5. The standard InChI is InChI=1S/C21H21ClOS/c1-15-17(14-16-6-4-3-5-7-16)12-13-21(15,2)20(23)24-19-10-8-18(22)9-11-19/h3-11,17H,1,12-14H2,2H3/t17-,21+/m1/s1. The van der Waals surface area contributed by atoms with Crippen molar-refractivity contribution in [2.75, 3.05) is 0 Å². The minimum atomic E-state index is -0.441. The van der Waals surface area contributed by atoms with E-state index in [-0.39, 0.29) is 5.12 Å². The highest BCUT2D eigenvalue weighted by molar-refractivity contribution is 8.13. The van der Waals surface area contributed by atoms with Gasteiger partial charge in [-0.15, -0.1) is 0 Å². The highest BCUT2D eigenvalue weighted by Crippen LogP contribution is 2.50. The van der Waals surface area contributed by atoms with E-state index in [1.807, 2.05) is 37.3 Å². The predicted octanol–water partition coefficient (Wildman–Crippen LogP) is 6.17. The number of allylic oxidation sites excluding steroid dienone is 1. The second-order valence-electron chi connectivity index (χ2n) is 6.63. The van der Waals surface area contributed by atoms with Crippen molar-refractivity contribution in [3.8, 4) is 0 Å². The molecule has 0 amide bonds. The third-order valence-electron chi connectivity index (χ3n) is 4.99. The fraction of sp³-hybridized carbons (Fsp3) is 0.286. The average Bonchev–Trinajstić information content (AvgIpc) is 2.88. The lowest BCUT2D eigenvalue weighted by Gasteiger charge is -2.25. The van der Waals surface area contributed by atoms with Crippen LogP contribution in [-0.4, -0.2) is 5.12 Å². The molecule has 1 nitrogen and oxygen atoms in total. The molecule has 0 spiro atoms. The number of hydrogen-bond acceptors (Lipinski definition) is 2. The van der Waals surface area contributed by atoms with Gasteiger partial charge in [-0.3, -0.25) is 4.79 Å². The largest absolute Gasteiger partial charge is 0.286 e. The summed E-state index contributed by atoms with van der Waals surface area (Å²) in [5, 5.41) is 0.872. The van der Waals surface area contributed by atoms with Gasteiger partial charge in [0.05, 0.1) is 5.41 Å². The summed E-state index contributed by atoms with van der Waals surface area (Å²) in [6.07, 6.45) is 2.87. The van der Waals surface area contributed by atoms with Crippen molar-refractivity contribution in [2.24, 2.45) is 11.3 Å². The molecule has 24 heavy (non-hydrogen) atoms. The SMILES string of the molecule is C=C1[C@@H](Cc2ccccc2)CC[C@]1(C)C(=O)Sc1ccc(Cl)cc1. The Morgan fingerprint density at radius 3 is 2.54 bits per heavy atom. The van der Waals surface area contributed by atoms with Crippen LogP contribution in [-0.2, 0) is 11.2 Å². The van der Waals surface area contributed by atoms with Gasteiger partial charge in [0.15, 0.2) is 0 Å². The van der Waals surface area contributed by atoms with Crippen molar-refractivity contribution >= 4 is 28.5 Å². The van der Waals surface area contributed by atoms with Gasteiger partial charge >= 0.3 is 0 Å². The Bertz CT molecular complexity index is 738. The van der Waals surface area contributed by atoms with Crippen LogP contribution in [0.2, 0.25) is 5.02 Å². The maximum atomic E-state index is 12.9. The maximum absolute atomic E-state index is 12.9. The summed E-state index contributed by atoms with van der Waals surface area (Å²) in [6.45, 7) is 6.35. The summed E-state index contributed by atoms with van der Waals surface area (Å²) in [4.78, 5) is 13.8. The van der Waals surface area contributed by atoms with E-state index in [0.29, 0.717) is 10.9 Å². The molecule has 1 saturated carbocycles. The Morgan fingerprint density at radius 1 is 1.21 bits per heavy atom. The molecule has 0 aromatic heterocycles. The van der Waals surface area contributed by atoms with Gasteiger partial charge in [0.25, 0.3) is 0 Å². The van der Waals surface area contributed by atoms with E-state index in [0.717, 1.165) is 29.7 Å².